The van der Waals surface area contributed by atoms with E-state index in [-0.39, 0.29) is 0 Å². The molecule has 0 unspecified atom stereocenters. The lowest BCUT2D eigenvalue weighted by molar-refractivity contribution is 1.25. The number of pyridine rings is 4. The van der Waals surface area contributed by atoms with Gasteiger partial charge >= 0.3 is 0 Å². The molecule has 0 radical (unpaired) electrons. The minimum atomic E-state index is 0.345. The summed E-state index contributed by atoms with van der Waals surface area (Å²) in [7, 11) is 0. The summed E-state index contributed by atoms with van der Waals surface area (Å²) in [6, 6.07) is 42.9. The van der Waals surface area contributed by atoms with Crippen molar-refractivity contribution in [2.24, 2.45) is 0 Å². The molecule has 0 aliphatic heterocycles. The quantitative estimate of drug-likeness (QED) is 0.151. The molecule has 0 saturated heterocycles. The Balaban J connectivity index is 1.30. The van der Waals surface area contributed by atoms with Gasteiger partial charge in [-0.2, -0.15) is 5.26 Å². The fourth-order valence-electron chi connectivity index (χ4n) is 6.08. The van der Waals surface area contributed by atoms with Gasteiger partial charge in [-0.3, -0.25) is 0 Å². The van der Waals surface area contributed by atoms with Crippen LogP contribution in [0.5, 0.6) is 0 Å². The van der Waals surface area contributed by atoms with E-state index in [1.54, 1.807) is 24.5 Å². The number of hydrogen-bond acceptors (Lipinski definition) is 5. The summed E-state index contributed by atoms with van der Waals surface area (Å²) in [6.45, 7) is 7.34. The third-order valence-corrected chi connectivity index (χ3v) is 8.25. The van der Waals surface area contributed by atoms with Crippen LogP contribution in [-0.2, 0) is 0 Å². The van der Waals surface area contributed by atoms with Gasteiger partial charge in [0.15, 0.2) is 0 Å². The first-order valence-electron chi connectivity index (χ1n) is 14.7. The van der Waals surface area contributed by atoms with Crippen LogP contribution in [-0.4, -0.2) is 19.9 Å². The van der Waals surface area contributed by atoms with E-state index in [0.717, 1.165) is 61.2 Å². The number of nitriles is 1. The zero-order valence-electron chi connectivity index (χ0n) is 24.4. The molecule has 0 fully saturated rings. The second-order valence-corrected chi connectivity index (χ2v) is 10.9. The number of aromatic nitrogens is 4. The molecule has 0 amide bonds. The van der Waals surface area contributed by atoms with Crippen LogP contribution in [0.2, 0.25) is 0 Å². The lowest BCUT2D eigenvalue weighted by Crippen LogP contribution is -1.91. The van der Waals surface area contributed by atoms with Crippen molar-refractivity contribution in [1.29, 1.82) is 5.26 Å². The van der Waals surface area contributed by atoms with Gasteiger partial charge in [0.05, 0.1) is 22.8 Å². The highest BCUT2D eigenvalue weighted by Crippen LogP contribution is 2.39. The van der Waals surface area contributed by atoms with Gasteiger partial charge in [0.25, 0.3) is 5.82 Å². The number of fused-ring (bicyclic) bond motifs is 6. The molecule has 4 heterocycles. The predicted octanol–water partition coefficient (Wildman–Crippen LogP) is 9.82. The van der Waals surface area contributed by atoms with Gasteiger partial charge in [-0.15, -0.1) is 4.98 Å². The summed E-state index contributed by atoms with van der Waals surface area (Å²) >= 11 is 0. The molecule has 0 saturated carbocycles. The van der Waals surface area contributed by atoms with Gasteiger partial charge in [0.2, 0.25) is 0 Å². The van der Waals surface area contributed by atoms with Gasteiger partial charge < -0.3 is 4.85 Å². The molecule has 4 aromatic heterocycles. The highest BCUT2D eigenvalue weighted by atomic mass is 14.9. The Morgan fingerprint density at radius 2 is 0.957 bits per heavy atom. The van der Waals surface area contributed by atoms with Crippen LogP contribution in [0.4, 0.5) is 5.82 Å². The molecule has 0 spiro atoms. The molecule has 0 bridgehead atoms. The predicted molar refractivity (Wildman–Crippen MR) is 183 cm³/mol. The summed E-state index contributed by atoms with van der Waals surface area (Å²) < 4.78 is 0. The molecular formula is C40H22N6. The van der Waals surface area contributed by atoms with Gasteiger partial charge in [-0.05, 0) is 98.5 Å². The summed E-state index contributed by atoms with van der Waals surface area (Å²) in [5.74, 6) is 0.345. The van der Waals surface area contributed by atoms with E-state index in [2.05, 4.69) is 81.5 Å². The van der Waals surface area contributed by atoms with E-state index in [1.165, 1.54) is 16.2 Å². The average molecular weight is 587 g/mol. The number of benzene rings is 4. The summed E-state index contributed by atoms with van der Waals surface area (Å²) in [4.78, 5) is 21.7. The molecule has 6 nitrogen and oxygen atoms in total. The zero-order valence-corrected chi connectivity index (χ0v) is 24.4. The van der Waals surface area contributed by atoms with Gasteiger partial charge in [-0.25, -0.2) is 15.0 Å². The Hall–Kier alpha value is -6.76. The first kappa shape index (κ1) is 26.8. The van der Waals surface area contributed by atoms with Crippen molar-refractivity contribution in [2.75, 3.05) is 0 Å². The fraction of sp³-hybridized carbons (Fsp3) is 0. The van der Waals surface area contributed by atoms with Crippen molar-refractivity contribution >= 4 is 38.1 Å². The highest BCUT2D eigenvalue weighted by molar-refractivity contribution is 6.26. The average Bonchev–Trinajstić information content (AvgIpc) is 3.14. The van der Waals surface area contributed by atoms with Crippen LogP contribution in [0.1, 0.15) is 5.69 Å². The van der Waals surface area contributed by atoms with Crippen LogP contribution >= 0.6 is 0 Å². The van der Waals surface area contributed by atoms with E-state index < -0.39 is 0 Å². The van der Waals surface area contributed by atoms with Crippen molar-refractivity contribution in [3.8, 4) is 51.1 Å². The molecule has 0 aliphatic rings. The van der Waals surface area contributed by atoms with Crippen LogP contribution in [0.3, 0.4) is 0 Å². The van der Waals surface area contributed by atoms with E-state index in [4.69, 9.17) is 16.5 Å². The number of rotatable bonds is 4. The first-order chi connectivity index (χ1) is 22.7. The smallest absolute Gasteiger partial charge is 0.270 e. The third kappa shape index (κ3) is 4.68. The van der Waals surface area contributed by atoms with Crippen molar-refractivity contribution < 1.29 is 0 Å². The summed E-state index contributed by atoms with van der Waals surface area (Å²) in [5.41, 5.74) is 7.33. The minimum Gasteiger partial charge on any atom is -0.361 e. The lowest BCUT2D eigenvalue weighted by atomic mass is 9.91. The molecule has 4 aromatic carbocycles. The third-order valence-electron chi connectivity index (χ3n) is 8.25. The first-order valence-corrected chi connectivity index (χ1v) is 14.7. The standard InChI is InChI=1S/C40H22N6/c1-42-40-23-28(17-19-44-40)39-11-5-9-37(46-39)26-13-15-33-31-7-3-2-6-30(31)32-14-12-25(21-34(32)35(33)22-26)36-8-4-10-38(45-36)27-16-18-43-29(20-27)24-41/h2-23H. The maximum Gasteiger partial charge on any atom is 0.270 e. The lowest BCUT2D eigenvalue weighted by Gasteiger charge is -2.14. The minimum absolute atomic E-state index is 0.345. The highest BCUT2D eigenvalue weighted by Gasteiger charge is 2.13. The van der Waals surface area contributed by atoms with Crippen molar-refractivity contribution in [1.82, 2.24) is 19.9 Å². The summed E-state index contributed by atoms with van der Waals surface area (Å²) in [5, 5.41) is 16.3. The van der Waals surface area contributed by atoms with Gasteiger partial charge in [0.1, 0.15) is 18.0 Å². The van der Waals surface area contributed by atoms with Crippen LogP contribution in [0.25, 0.3) is 82.2 Å². The topological polar surface area (TPSA) is 79.7 Å². The van der Waals surface area contributed by atoms with E-state index in [9.17, 15) is 5.26 Å². The van der Waals surface area contributed by atoms with Gasteiger partial charge in [-0.1, -0.05) is 67.2 Å². The normalized spacial score (nSPS) is 11.0. The molecule has 8 aromatic rings. The Bertz CT molecular complexity index is 2400. The van der Waals surface area contributed by atoms with E-state index >= 15 is 0 Å². The number of hydrogen-bond donors (Lipinski definition) is 0. The zero-order chi connectivity index (χ0) is 31.0. The van der Waals surface area contributed by atoms with Crippen molar-refractivity contribution in [2.45, 2.75) is 0 Å². The van der Waals surface area contributed by atoms with Crippen molar-refractivity contribution in [3.05, 3.63) is 151 Å². The van der Waals surface area contributed by atoms with Gasteiger partial charge in [0, 0.05) is 22.9 Å². The maximum atomic E-state index is 9.33. The molecule has 0 aliphatic carbocycles. The largest absolute Gasteiger partial charge is 0.361 e. The monoisotopic (exact) mass is 586 g/mol. The molecule has 212 valence electrons. The summed E-state index contributed by atoms with van der Waals surface area (Å²) in [6.07, 6.45) is 3.28. The van der Waals surface area contributed by atoms with Crippen molar-refractivity contribution in [3.63, 3.8) is 0 Å². The Morgan fingerprint density at radius 3 is 1.48 bits per heavy atom. The molecular weight excluding hydrogens is 564 g/mol. The Labute approximate surface area is 264 Å². The van der Waals surface area contributed by atoms with Crippen LogP contribution < -0.4 is 0 Å². The second kappa shape index (κ2) is 11.1. The molecule has 8 rings (SSSR count). The molecule has 0 N–H and O–H groups in total. The van der Waals surface area contributed by atoms with Crippen LogP contribution in [0.15, 0.2) is 134 Å². The van der Waals surface area contributed by atoms with Crippen LogP contribution in [0, 0.1) is 17.9 Å². The molecule has 6 heteroatoms. The van der Waals surface area contributed by atoms with E-state index in [1.807, 2.05) is 48.5 Å². The maximum absolute atomic E-state index is 9.33. The molecule has 0 atom stereocenters. The fourth-order valence-corrected chi connectivity index (χ4v) is 6.08. The van der Waals surface area contributed by atoms with E-state index in [0.29, 0.717) is 11.5 Å². The molecule has 46 heavy (non-hydrogen) atoms. The Morgan fingerprint density at radius 1 is 0.478 bits per heavy atom. The second-order valence-electron chi connectivity index (χ2n) is 10.9. The number of nitrogens with zero attached hydrogens (tertiary/aromatic N) is 6. The SMILES string of the molecule is [C-]#[N+]c1cc(-c2cccc(-c3ccc4c5ccccc5c5ccc(-c6cccc(-c7ccnc(C#N)c7)n6)cc5c4c3)n2)ccn1. The Kier molecular flexibility index (Phi) is 6.45.